The third-order valence-electron chi connectivity index (χ3n) is 4.63. The molecule has 0 aliphatic heterocycles. The number of aliphatic hydroxyl groups is 1. The molecule has 0 spiro atoms. The lowest BCUT2D eigenvalue weighted by Crippen LogP contribution is -2.41. The number of carbonyl (C=O) groups excluding carboxylic acids is 1. The van der Waals surface area contributed by atoms with Gasteiger partial charge >= 0.3 is 0 Å². The number of aliphatic hydroxyl groups excluding tert-OH is 1. The Morgan fingerprint density at radius 1 is 1.36 bits per heavy atom. The molecule has 4 N–H and O–H groups in total. The van der Waals surface area contributed by atoms with Crippen molar-refractivity contribution in [3.63, 3.8) is 0 Å². The van der Waals surface area contributed by atoms with Crippen molar-refractivity contribution >= 4 is 33.3 Å². The van der Waals surface area contributed by atoms with Gasteiger partial charge in [0.25, 0.3) is 5.91 Å². The molecule has 6 nitrogen and oxygen atoms in total. The van der Waals surface area contributed by atoms with Crippen LogP contribution in [0.1, 0.15) is 34.9 Å². The zero-order valence-electron chi connectivity index (χ0n) is 13.4. The maximum absolute atomic E-state index is 12.5. The molecular formula is C18H18N4O2S. The Labute approximate surface area is 148 Å². The minimum atomic E-state index is -0.298. The number of thiazole rings is 1. The molecule has 7 heteroatoms. The Morgan fingerprint density at radius 2 is 2.16 bits per heavy atom. The fraction of sp³-hybridized carbons (Fsp3) is 0.278. The molecule has 1 aliphatic rings. The van der Waals surface area contributed by atoms with Gasteiger partial charge < -0.3 is 16.2 Å². The van der Waals surface area contributed by atoms with Crippen molar-refractivity contribution in [1.29, 1.82) is 0 Å². The first kappa shape index (κ1) is 16.0. The number of pyridine rings is 1. The molecule has 0 bridgehead atoms. The lowest BCUT2D eigenvalue weighted by molar-refractivity contribution is 0.0234. The van der Waals surface area contributed by atoms with E-state index in [1.165, 1.54) is 11.3 Å². The van der Waals surface area contributed by atoms with Gasteiger partial charge in [0.05, 0.1) is 17.7 Å². The fourth-order valence-electron chi connectivity index (χ4n) is 3.24. The van der Waals surface area contributed by atoms with Gasteiger partial charge in [0.2, 0.25) is 0 Å². The van der Waals surface area contributed by atoms with E-state index in [1.807, 2.05) is 30.3 Å². The van der Waals surface area contributed by atoms with Gasteiger partial charge in [-0.3, -0.25) is 9.78 Å². The van der Waals surface area contributed by atoms with Crippen molar-refractivity contribution in [3.8, 4) is 0 Å². The minimum absolute atomic E-state index is 0.179. The molecule has 1 fully saturated rings. The number of nitrogens with two attached hydrogens (primary N) is 1. The number of fused-ring (bicyclic) bond motifs is 1. The summed E-state index contributed by atoms with van der Waals surface area (Å²) in [6.07, 6.45) is 2.83. The molecule has 128 valence electrons. The number of aromatic nitrogens is 2. The number of anilines is 1. The van der Waals surface area contributed by atoms with Crippen LogP contribution in [0.25, 0.3) is 10.9 Å². The molecule has 0 radical (unpaired) electrons. The highest BCUT2D eigenvalue weighted by molar-refractivity contribution is 7.13. The number of nitrogens with zero attached hydrogens (tertiary/aromatic N) is 2. The number of nitrogen functional groups attached to an aromatic ring is 1. The average molecular weight is 354 g/mol. The maximum Gasteiger partial charge on any atom is 0.271 e. The maximum atomic E-state index is 12.5. The molecule has 0 unspecified atom stereocenters. The average Bonchev–Trinajstić information content (AvgIpc) is 3.03. The van der Waals surface area contributed by atoms with Crippen LogP contribution >= 0.6 is 11.3 Å². The Kier molecular flexibility index (Phi) is 4.10. The number of amides is 1. The Bertz CT molecular complexity index is 920. The zero-order chi connectivity index (χ0) is 17.4. The second-order valence-electron chi connectivity index (χ2n) is 6.37. The molecule has 0 saturated heterocycles. The fourth-order valence-corrected chi connectivity index (χ4v) is 3.78. The number of hydrogen-bond donors (Lipinski definition) is 3. The molecule has 25 heavy (non-hydrogen) atoms. The van der Waals surface area contributed by atoms with Gasteiger partial charge in [-0.05, 0) is 36.5 Å². The van der Waals surface area contributed by atoms with Crippen LogP contribution in [0.5, 0.6) is 0 Å². The van der Waals surface area contributed by atoms with Crippen molar-refractivity contribution in [1.82, 2.24) is 15.3 Å². The van der Waals surface area contributed by atoms with Crippen LogP contribution < -0.4 is 11.1 Å². The summed E-state index contributed by atoms with van der Waals surface area (Å²) < 4.78 is 0. The summed E-state index contributed by atoms with van der Waals surface area (Å²) in [7, 11) is 0. The second-order valence-corrected chi connectivity index (χ2v) is 7.26. The smallest absolute Gasteiger partial charge is 0.271 e. The van der Waals surface area contributed by atoms with E-state index < -0.39 is 0 Å². The summed E-state index contributed by atoms with van der Waals surface area (Å²) in [5, 5.41) is 15.8. The number of para-hydroxylation sites is 1. The molecule has 1 aromatic carbocycles. The minimum Gasteiger partial charge on any atom is -0.393 e. The molecule has 1 saturated carbocycles. The third kappa shape index (κ3) is 3.20. The third-order valence-corrected chi connectivity index (χ3v) is 5.31. The van der Waals surface area contributed by atoms with Crippen LogP contribution in [0.15, 0.2) is 41.9 Å². The predicted octanol–water partition coefficient (Wildman–Crippen LogP) is 2.52. The van der Waals surface area contributed by atoms with E-state index in [9.17, 15) is 9.90 Å². The highest BCUT2D eigenvalue weighted by Gasteiger charge is 2.36. The standard InChI is InChI=1S/C18H18N4O2S/c19-18-21-15(9-25-18)17(24)22-16(11-6-13(23)7-11)12-5-10-3-1-2-4-14(10)20-8-12/h1-5,8-9,11,13,16,23H,6-7H2,(H2,19,21)(H,22,24)/t11?,13?,16-/m1/s1. The van der Waals surface area contributed by atoms with E-state index in [-0.39, 0.29) is 24.0 Å². The monoisotopic (exact) mass is 354 g/mol. The van der Waals surface area contributed by atoms with Gasteiger partial charge in [0.15, 0.2) is 5.13 Å². The van der Waals surface area contributed by atoms with Crippen LogP contribution in [0.2, 0.25) is 0 Å². The van der Waals surface area contributed by atoms with E-state index in [4.69, 9.17) is 5.73 Å². The summed E-state index contributed by atoms with van der Waals surface area (Å²) >= 11 is 1.24. The molecule has 2 heterocycles. The lowest BCUT2D eigenvalue weighted by atomic mass is 9.75. The zero-order valence-corrected chi connectivity index (χ0v) is 14.2. The van der Waals surface area contributed by atoms with Gasteiger partial charge in [0, 0.05) is 17.0 Å². The normalized spacial score (nSPS) is 20.8. The molecule has 2 aromatic heterocycles. The lowest BCUT2D eigenvalue weighted by Gasteiger charge is -2.38. The van der Waals surface area contributed by atoms with Crippen molar-refractivity contribution < 1.29 is 9.90 Å². The highest BCUT2D eigenvalue weighted by Crippen LogP contribution is 2.38. The van der Waals surface area contributed by atoms with Crippen LogP contribution in [0.3, 0.4) is 0 Å². The van der Waals surface area contributed by atoms with Gasteiger partial charge in [-0.2, -0.15) is 0 Å². The largest absolute Gasteiger partial charge is 0.393 e. The first-order chi connectivity index (χ1) is 12.1. The van der Waals surface area contributed by atoms with E-state index in [2.05, 4.69) is 15.3 Å². The number of carbonyl (C=O) groups is 1. The van der Waals surface area contributed by atoms with Crippen LogP contribution in [-0.2, 0) is 0 Å². The topological polar surface area (TPSA) is 101 Å². The summed E-state index contributed by atoms with van der Waals surface area (Å²) in [6.45, 7) is 0. The quantitative estimate of drug-likeness (QED) is 0.668. The van der Waals surface area contributed by atoms with Crippen molar-refractivity contribution in [2.24, 2.45) is 5.92 Å². The molecule has 3 aromatic rings. The summed E-state index contributed by atoms with van der Waals surface area (Å²) in [6, 6.07) is 9.71. The van der Waals surface area contributed by atoms with E-state index in [1.54, 1.807) is 11.6 Å². The van der Waals surface area contributed by atoms with E-state index in [0.29, 0.717) is 23.7 Å². The number of benzene rings is 1. The van der Waals surface area contributed by atoms with Crippen molar-refractivity contribution in [3.05, 3.63) is 53.2 Å². The predicted molar refractivity (Wildman–Crippen MR) is 97.2 cm³/mol. The van der Waals surface area contributed by atoms with Gasteiger partial charge in [0.1, 0.15) is 5.69 Å². The number of rotatable bonds is 4. The first-order valence-electron chi connectivity index (χ1n) is 8.15. The summed E-state index contributed by atoms with van der Waals surface area (Å²) in [4.78, 5) is 21.1. The van der Waals surface area contributed by atoms with E-state index >= 15 is 0 Å². The van der Waals surface area contributed by atoms with E-state index in [0.717, 1.165) is 16.5 Å². The van der Waals surface area contributed by atoms with Gasteiger partial charge in [-0.1, -0.05) is 18.2 Å². The van der Waals surface area contributed by atoms with Crippen molar-refractivity contribution in [2.45, 2.75) is 25.0 Å². The van der Waals surface area contributed by atoms with Crippen LogP contribution in [0, 0.1) is 5.92 Å². The molecule has 4 rings (SSSR count). The molecule has 1 aliphatic carbocycles. The first-order valence-corrected chi connectivity index (χ1v) is 9.03. The Morgan fingerprint density at radius 3 is 2.88 bits per heavy atom. The molecule has 1 amide bonds. The second kappa shape index (κ2) is 6.42. The summed E-state index contributed by atoms with van der Waals surface area (Å²) in [5.74, 6) is -0.0783. The Balaban J connectivity index is 1.64. The summed E-state index contributed by atoms with van der Waals surface area (Å²) in [5.41, 5.74) is 7.79. The number of hydrogen-bond acceptors (Lipinski definition) is 6. The molecule has 1 atom stereocenters. The number of nitrogens with one attached hydrogen (secondary N) is 1. The van der Waals surface area contributed by atoms with Crippen molar-refractivity contribution in [2.75, 3.05) is 5.73 Å². The highest BCUT2D eigenvalue weighted by atomic mass is 32.1. The van der Waals surface area contributed by atoms with Gasteiger partial charge in [-0.25, -0.2) is 4.98 Å². The van der Waals surface area contributed by atoms with Crippen LogP contribution in [0.4, 0.5) is 5.13 Å². The van der Waals surface area contributed by atoms with Crippen LogP contribution in [-0.4, -0.2) is 27.1 Å². The SMILES string of the molecule is Nc1nc(C(=O)N[C@@H](c2cnc3ccccc3c2)C2CC(O)C2)cs1. The Hall–Kier alpha value is -2.51. The molecular weight excluding hydrogens is 336 g/mol. The van der Waals surface area contributed by atoms with Gasteiger partial charge in [-0.15, -0.1) is 11.3 Å².